The van der Waals surface area contributed by atoms with Gasteiger partial charge in [0.15, 0.2) is 11.5 Å². The molecule has 0 aliphatic carbocycles. The summed E-state index contributed by atoms with van der Waals surface area (Å²) in [5.41, 5.74) is -1.16. The molecule has 1 heterocycles. The number of halogens is 4. The minimum atomic E-state index is -4.50. The number of benzene rings is 1. The highest BCUT2D eigenvalue weighted by Crippen LogP contribution is 2.34. The number of aromatic carboxylic acids is 1. The first-order chi connectivity index (χ1) is 9.77. The number of aromatic nitrogens is 2. The fraction of sp³-hybridized carbons (Fsp3) is 0.0833. The van der Waals surface area contributed by atoms with Gasteiger partial charge in [0.05, 0.1) is 16.3 Å². The zero-order valence-electron chi connectivity index (χ0n) is 10.1. The molecule has 0 spiro atoms. The van der Waals surface area contributed by atoms with Crippen molar-refractivity contribution in [3.05, 3.63) is 46.6 Å². The van der Waals surface area contributed by atoms with Crippen molar-refractivity contribution in [2.45, 2.75) is 6.18 Å². The van der Waals surface area contributed by atoms with Crippen LogP contribution in [-0.2, 0) is 6.18 Å². The van der Waals surface area contributed by atoms with E-state index in [1.165, 1.54) is 12.1 Å². The molecule has 0 aliphatic heterocycles. The minimum Gasteiger partial charge on any atom is -0.476 e. The third kappa shape index (κ3) is 3.60. The van der Waals surface area contributed by atoms with E-state index in [0.29, 0.717) is 0 Å². The van der Waals surface area contributed by atoms with Crippen LogP contribution in [0, 0.1) is 0 Å². The zero-order chi connectivity index (χ0) is 15.6. The summed E-state index contributed by atoms with van der Waals surface area (Å²) >= 11 is 5.81. The predicted octanol–water partition coefficient (Wildman–Crippen LogP) is 3.59. The smallest absolute Gasteiger partial charge is 0.416 e. The van der Waals surface area contributed by atoms with Crippen LogP contribution in [-0.4, -0.2) is 21.3 Å². The molecule has 0 aliphatic rings. The highest BCUT2D eigenvalue weighted by Gasteiger charge is 2.31. The van der Waals surface area contributed by atoms with Gasteiger partial charge in [-0.3, -0.25) is 0 Å². The summed E-state index contributed by atoms with van der Waals surface area (Å²) in [6, 6.07) is 5.22. The standard InChI is InChI=1S/C12H7ClF3N3O2/c13-7-2-1-6(12(14,15)16)5-9(7)17-10-4-3-8(11(20)21)18-19-10/h1-5H,(H,17,19)(H,20,21). The van der Waals surface area contributed by atoms with Crippen LogP contribution in [0.25, 0.3) is 0 Å². The number of nitrogens with zero attached hydrogens (tertiary/aromatic N) is 2. The van der Waals surface area contributed by atoms with E-state index in [1.807, 2.05) is 0 Å². The van der Waals surface area contributed by atoms with E-state index in [9.17, 15) is 18.0 Å². The van der Waals surface area contributed by atoms with Crippen molar-refractivity contribution in [2.24, 2.45) is 0 Å². The molecule has 1 aromatic carbocycles. The lowest BCUT2D eigenvalue weighted by atomic mass is 10.2. The van der Waals surface area contributed by atoms with Crippen LogP contribution in [0.4, 0.5) is 24.7 Å². The number of anilines is 2. The highest BCUT2D eigenvalue weighted by molar-refractivity contribution is 6.33. The van der Waals surface area contributed by atoms with Gasteiger partial charge in [-0.05, 0) is 30.3 Å². The van der Waals surface area contributed by atoms with E-state index in [1.54, 1.807) is 0 Å². The normalized spacial score (nSPS) is 11.2. The monoisotopic (exact) mass is 317 g/mol. The number of carboxylic acids is 1. The van der Waals surface area contributed by atoms with Crippen LogP contribution in [0.15, 0.2) is 30.3 Å². The maximum atomic E-state index is 12.6. The minimum absolute atomic E-state index is 0.0103. The summed E-state index contributed by atoms with van der Waals surface area (Å²) < 4.78 is 37.8. The van der Waals surface area contributed by atoms with E-state index in [-0.39, 0.29) is 22.2 Å². The first-order valence-corrected chi connectivity index (χ1v) is 5.86. The van der Waals surface area contributed by atoms with Gasteiger partial charge in [0.25, 0.3) is 0 Å². The molecule has 0 saturated carbocycles. The zero-order valence-corrected chi connectivity index (χ0v) is 10.9. The summed E-state index contributed by atoms with van der Waals surface area (Å²) in [4.78, 5) is 10.6. The SMILES string of the molecule is O=C(O)c1ccc(Nc2cc(C(F)(F)F)ccc2Cl)nn1. The van der Waals surface area contributed by atoms with Gasteiger partial charge in [0.1, 0.15) is 0 Å². The summed E-state index contributed by atoms with van der Waals surface area (Å²) in [7, 11) is 0. The molecule has 0 bridgehead atoms. The van der Waals surface area contributed by atoms with Gasteiger partial charge in [-0.15, -0.1) is 10.2 Å². The molecule has 0 unspecified atom stereocenters. The molecule has 1 aromatic heterocycles. The van der Waals surface area contributed by atoms with Crippen molar-refractivity contribution < 1.29 is 23.1 Å². The number of hydrogen-bond acceptors (Lipinski definition) is 4. The van der Waals surface area contributed by atoms with Crippen molar-refractivity contribution in [1.82, 2.24) is 10.2 Å². The average Bonchev–Trinajstić information content (AvgIpc) is 2.40. The number of nitrogens with one attached hydrogen (secondary N) is 1. The first kappa shape index (κ1) is 15.0. The summed E-state index contributed by atoms with van der Waals surface area (Å²) in [5.74, 6) is -1.19. The van der Waals surface area contributed by atoms with Crippen LogP contribution in [0.2, 0.25) is 5.02 Å². The van der Waals surface area contributed by atoms with Crippen molar-refractivity contribution in [1.29, 1.82) is 0 Å². The Balaban J connectivity index is 2.28. The van der Waals surface area contributed by atoms with E-state index >= 15 is 0 Å². The molecule has 9 heteroatoms. The molecular weight excluding hydrogens is 311 g/mol. The Morgan fingerprint density at radius 2 is 1.90 bits per heavy atom. The van der Waals surface area contributed by atoms with E-state index < -0.39 is 17.7 Å². The Kier molecular flexibility index (Phi) is 3.99. The Labute approximate surface area is 121 Å². The average molecular weight is 318 g/mol. The van der Waals surface area contributed by atoms with Gasteiger partial charge in [-0.2, -0.15) is 13.2 Å². The third-order valence-corrected chi connectivity index (χ3v) is 2.77. The molecular formula is C12H7ClF3N3O2. The molecule has 0 radical (unpaired) electrons. The topological polar surface area (TPSA) is 75.1 Å². The predicted molar refractivity (Wildman–Crippen MR) is 68.7 cm³/mol. The second-order valence-corrected chi connectivity index (χ2v) is 4.33. The summed E-state index contributed by atoms with van der Waals surface area (Å²) in [6.07, 6.45) is -4.50. The lowest BCUT2D eigenvalue weighted by Gasteiger charge is -2.11. The molecule has 2 N–H and O–H groups in total. The summed E-state index contributed by atoms with van der Waals surface area (Å²) in [5, 5.41) is 18.2. The van der Waals surface area contributed by atoms with Crippen LogP contribution in [0.5, 0.6) is 0 Å². The van der Waals surface area contributed by atoms with Crippen LogP contribution in [0.1, 0.15) is 16.1 Å². The number of rotatable bonds is 3. The van der Waals surface area contributed by atoms with Crippen LogP contribution < -0.4 is 5.32 Å². The quantitative estimate of drug-likeness (QED) is 0.904. The second-order valence-electron chi connectivity index (χ2n) is 3.93. The molecule has 2 aromatic rings. The van der Waals surface area contributed by atoms with Gasteiger partial charge < -0.3 is 10.4 Å². The number of carboxylic acid groups (broad SMARTS) is 1. The lowest BCUT2D eigenvalue weighted by Crippen LogP contribution is -2.07. The maximum absolute atomic E-state index is 12.6. The molecule has 0 amide bonds. The molecule has 2 rings (SSSR count). The first-order valence-electron chi connectivity index (χ1n) is 5.48. The number of carbonyl (C=O) groups is 1. The fourth-order valence-electron chi connectivity index (χ4n) is 1.45. The molecule has 0 saturated heterocycles. The van der Waals surface area contributed by atoms with Gasteiger partial charge in [0, 0.05) is 0 Å². The molecule has 0 fully saturated rings. The Morgan fingerprint density at radius 1 is 1.19 bits per heavy atom. The van der Waals surface area contributed by atoms with Gasteiger partial charge in [-0.1, -0.05) is 11.6 Å². The van der Waals surface area contributed by atoms with Crippen molar-refractivity contribution in [3.63, 3.8) is 0 Å². The Hall–Kier alpha value is -2.35. The van der Waals surface area contributed by atoms with Crippen molar-refractivity contribution in [2.75, 3.05) is 5.32 Å². The number of alkyl halides is 3. The van der Waals surface area contributed by atoms with E-state index in [0.717, 1.165) is 18.2 Å². The Bertz CT molecular complexity index is 674. The van der Waals surface area contributed by atoms with Crippen molar-refractivity contribution >= 4 is 29.1 Å². The van der Waals surface area contributed by atoms with Crippen molar-refractivity contribution in [3.8, 4) is 0 Å². The van der Waals surface area contributed by atoms with E-state index in [4.69, 9.17) is 16.7 Å². The largest absolute Gasteiger partial charge is 0.476 e. The summed E-state index contributed by atoms with van der Waals surface area (Å²) in [6.45, 7) is 0. The van der Waals surface area contributed by atoms with Gasteiger partial charge in [-0.25, -0.2) is 4.79 Å². The molecule has 21 heavy (non-hydrogen) atoms. The second kappa shape index (κ2) is 5.57. The maximum Gasteiger partial charge on any atom is 0.416 e. The third-order valence-electron chi connectivity index (χ3n) is 2.44. The van der Waals surface area contributed by atoms with E-state index in [2.05, 4.69) is 15.5 Å². The lowest BCUT2D eigenvalue weighted by molar-refractivity contribution is -0.137. The van der Waals surface area contributed by atoms with Crippen LogP contribution in [0.3, 0.4) is 0 Å². The fourth-order valence-corrected chi connectivity index (χ4v) is 1.61. The van der Waals surface area contributed by atoms with Crippen LogP contribution >= 0.6 is 11.6 Å². The Morgan fingerprint density at radius 3 is 2.43 bits per heavy atom. The molecule has 5 nitrogen and oxygen atoms in total. The van der Waals surface area contributed by atoms with Gasteiger partial charge >= 0.3 is 12.1 Å². The molecule has 0 atom stereocenters. The van der Waals surface area contributed by atoms with Gasteiger partial charge in [0.2, 0.25) is 0 Å². The highest BCUT2D eigenvalue weighted by atomic mass is 35.5. The number of hydrogen-bond donors (Lipinski definition) is 2. The molecule has 110 valence electrons.